The van der Waals surface area contributed by atoms with Crippen molar-refractivity contribution in [2.75, 3.05) is 9.80 Å². The van der Waals surface area contributed by atoms with Gasteiger partial charge in [-0.2, -0.15) is 0 Å². The molecule has 0 spiro atoms. The van der Waals surface area contributed by atoms with Crippen LogP contribution < -0.4 is 9.80 Å². The number of hydrogen-bond acceptors (Lipinski definition) is 4. The van der Waals surface area contributed by atoms with E-state index < -0.39 is 0 Å². The predicted octanol–water partition coefficient (Wildman–Crippen LogP) is 22.5. The SMILES string of the molecule is Brc1cc(-c2ccccc2)cc(-c2ccccc2)n1.[BH4-].c1ccc(-c2cc(-c3ccccc3)nc(-n3c4c(c5ccccc53)-c3ccccc3N(c3ccccc3)c3ccccc3-4)c2)cc1.c1ccc(N2c3ccccc3-c3[nH]c4ccccc4c3-c3ccccc32)cc1. The normalized spacial score (nSPS) is 11.5. The molecule has 94 heavy (non-hydrogen) atoms. The second kappa shape index (κ2) is 25.8. The van der Waals surface area contributed by atoms with Crippen molar-refractivity contribution in [2.24, 2.45) is 0 Å². The van der Waals surface area contributed by atoms with E-state index in [1.54, 1.807) is 0 Å². The molecule has 12 aromatic carbocycles. The van der Waals surface area contributed by atoms with E-state index in [4.69, 9.17) is 4.98 Å². The van der Waals surface area contributed by atoms with Crippen LogP contribution in [0.3, 0.4) is 0 Å². The van der Waals surface area contributed by atoms with E-state index in [1.165, 1.54) is 72.3 Å². The molecule has 0 saturated carbocycles. The molecule has 0 unspecified atom stereocenters. The molecule has 6 heterocycles. The van der Waals surface area contributed by atoms with E-state index >= 15 is 0 Å². The van der Waals surface area contributed by atoms with Crippen LogP contribution in [0.25, 0.3) is 117 Å². The number of hydrogen-bond donors (Lipinski definition) is 1. The van der Waals surface area contributed by atoms with Gasteiger partial charge < -0.3 is 14.8 Å². The fourth-order valence-corrected chi connectivity index (χ4v) is 13.8. The molecule has 0 amide bonds. The Labute approximate surface area is 557 Å². The number of nitrogens with one attached hydrogen (secondary N) is 1. The van der Waals surface area contributed by atoms with E-state index in [0.717, 1.165) is 83.6 Å². The number of benzene rings is 12. The van der Waals surface area contributed by atoms with Crippen molar-refractivity contribution in [3.05, 3.63) is 356 Å². The minimum absolute atomic E-state index is 0. The van der Waals surface area contributed by atoms with E-state index in [9.17, 15) is 0 Å². The van der Waals surface area contributed by atoms with Gasteiger partial charge in [0.25, 0.3) is 0 Å². The first kappa shape index (κ1) is 58.5. The number of pyridine rings is 2. The Hall–Kier alpha value is -11.8. The highest BCUT2D eigenvalue weighted by molar-refractivity contribution is 9.10. The highest BCUT2D eigenvalue weighted by Gasteiger charge is 2.32. The first-order valence-corrected chi connectivity index (χ1v) is 32.1. The van der Waals surface area contributed by atoms with Crippen molar-refractivity contribution >= 4 is 80.3 Å². The predicted molar refractivity (Wildman–Crippen MR) is 403 cm³/mol. The maximum Gasteiger partial charge on any atom is 0.138 e. The number of H-pyrrole nitrogens is 1. The van der Waals surface area contributed by atoms with Gasteiger partial charge in [0.15, 0.2) is 0 Å². The van der Waals surface area contributed by atoms with Gasteiger partial charge in [-0.3, -0.25) is 4.57 Å². The Bertz CT molecular complexity index is 5230. The largest absolute Gasteiger partial charge is 0.354 e. The van der Waals surface area contributed by atoms with Crippen molar-refractivity contribution in [1.82, 2.24) is 19.5 Å². The van der Waals surface area contributed by atoms with Crippen molar-refractivity contribution in [3.63, 3.8) is 0 Å². The zero-order valence-electron chi connectivity index (χ0n) is 50.6. The summed E-state index contributed by atoms with van der Waals surface area (Å²) in [6.45, 7) is 0. The second-order valence-electron chi connectivity index (χ2n) is 23.0. The molecule has 448 valence electrons. The quantitative estimate of drug-likeness (QED) is 0.128. The number of aromatic amines is 1. The van der Waals surface area contributed by atoms with Crippen LogP contribution in [-0.4, -0.2) is 27.9 Å². The summed E-state index contributed by atoms with van der Waals surface area (Å²) in [6, 6.07) is 124. The average Bonchev–Trinajstić information content (AvgIpc) is 1.57. The highest BCUT2D eigenvalue weighted by Crippen LogP contribution is 2.55. The van der Waals surface area contributed by atoms with Crippen molar-refractivity contribution < 1.29 is 0 Å². The lowest BCUT2D eigenvalue weighted by molar-refractivity contribution is 1.05. The first-order chi connectivity index (χ1) is 46.1. The molecule has 1 N–H and O–H groups in total. The summed E-state index contributed by atoms with van der Waals surface area (Å²) in [5, 5.41) is 2.46. The smallest absolute Gasteiger partial charge is 0.138 e. The lowest BCUT2D eigenvalue weighted by atomic mass is 9.98. The molecule has 0 saturated heterocycles. The molecular formula is C86H63BBrN6-. The molecule has 2 aliphatic rings. The van der Waals surface area contributed by atoms with Gasteiger partial charge in [-0.25, -0.2) is 9.97 Å². The number of para-hydroxylation sites is 8. The summed E-state index contributed by atoms with van der Waals surface area (Å²) in [6.07, 6.45) is 0. The van der Waals surface area contributed by atoms with Crippen LogP contribution in [0.5, 0.6) is 0 Å². The molecule has 6 nitrogen and oxygen atoms in total. The summed E-state index contributed by atoms with van der Waals surface area (Å²) in [4.78, 5) is 18.4. The van der Waals surface area contributed by atoms with Gasteiger partial charge >= 0.3 is 0 Å². The summed E-state index contributed by atoms with van der Waals surface area (Å²) >= 11 is 3.50. The van der Waals surface area contributed by atoms with E-state index in [1.807, 2.05) is 42.5 Å². The molecule has 0 atom stereocenters. The van der Waals surface area contributed by atoms with Crippen LogP contribution in [0.1, 0.15) is 0 Å². The summed E-state index contributed by atoms with van der Waals surface area (Å²) in [5.74, 6) is 0.887. The zero-order valence-corrected chi connectivity index (χ0v) is 52.2. The molecular weight excluding hydrogens is 1210 g/mol. The molecule has 8 heteroatoms. The molecule has 4 aromatic heterocycles. The molecule has 16 aromatic rings. The van der Waals surface area contributed by atoms with Crippen molar-refractivity contribution in [3.8, 4) is 95.4 Å². The minimum atomic E-state index is 0. The van der Waals surface area contributed by atoms with Gasteiger partial charge in [-0.1, -0.05) is 275 Å². The molecule has 0 radical (unpaired) electrons. The maximum atomic E-state index is 5.42. The minimum Gasteiger partial charge on any atom is -0.354 e. The number of rotatable bonds is 7. The van der Waals surface area contributed by atoms with Gasteiger partial charge in [0.05, 0.1) is 51.0 Å². The standard InChI is InChI=1S/C43H29N3.C26H18N2.C17H12BrN.BH4/c1-4-16-30(17-5-1)32-28-37(31-18-6-2-7-19-31)44-41(29-32)46-39-26-14-11-23-35(39)42-34-22-10-13-25-38(34)45(33-20-8-3-9-21-33)40-27-15-12-24-36(40)43(42)46;1-2-10-18(11-3-1)28-23-16-8-5-13-20(23)25-19-12-4-7-15-22(19)27-26(25)21-14-6-9-17-24(21)28;18-17-12-15(13-7-3-1-4-8-13)11-16(19-17)14-9-5-2-6-10-14;/h1-29H;1-17,27H;1-12H;1H4/q;;;-1. The van der Waals surface area contributed by atoms with Gasteiger partial charge in [-0.05, 0) is 123 Å². The maximum absolute atomic E-state index is 5.42. The molecule has 0 bridgehead atoms. The van der Waals surface area contributed by atoms with Crippen LogP contribution in [0, 0.1) is 0 Å². The third-order valence-electron chi connectivity index (χ3n) is 17.4. The van der Waals surface area contributed by atoms with Crippen LogP contribution in [0.15, 0.2) is 356 Å². The summed E-state index contributed by atoms with van der Waals surface area (Å²) in [5.41, 5.74) is 27.7. The van der Waals surface area contributed by atoms with Crippen LogP contribution >= 0.6 is 15.9 Å². The lowest BCUT2D eigenvalue weighted by Gasteiger charge is -2.27. The highest BCUT2D eigenvalue weighted by atomic mass is 79.9. The molecule has 2 aliphatic heterocycles. The topological polar surface area (TPSA) is 53.0 Å². The molecule has 0 aliphatic carbocycles. The first-order valence-electron chi connectivity index (χ1n) is 31.3. The Morgan fingerprint density at radius 3 is 1.22 bits per heavy atom. The fraction of sp³-hybridized carbons (Fsp3) is 0. The lowest BCUT2D eigenvalue weighted by Crippen LogP contribution is -2.11. The fourth-order valence-electron chi connectivity index (χ4n) is 13.3. The number of anilines is 6. The Balaban J connectivity index is 0.000000129. The zero-order chi connectivity index (χ0) is 62.0. The van der Waals surface area contributed by atoms with E-state index in [0.29, 0.717) is 0 Å². The van der Waals surface area contributed by atoms with Gasteiger partial charge in [0, 0.05) is 72.2 Å². The number of aromatic nitrogens is 4. The monoisotopic (exact) mass is 1270 g/mol. The van der Waals surface area contributed by atoms with Gasteiger partial charge in [0.1, 0.15) is 10.4 Å². The average molecular weight is 1270 g/mol. The second-order valence-corrected chi connectivity index (χ2v) is 23.8. The third kappa shape index (κ3) is 11.0. The van der Waals surface area contributed by atoms with E-state index in [2.05, 4.69) is 350 Å². The van der Waals surface area contributed by atoms with Crippen molar-refractivity contribution in [2.45, 2.75) is 0 Å². The van der Waals surface area contributed by atoms with Gasteiger partial charge in [0.2, 0.25) is 0 Å². The third-order valence-corrected chi connectivity index (χ3v) is 17.8. The molecule has 18 rings (SSSR count). The Morgan fingerprint density at radius 1 is 0.298 bits per heavy atom. The summed E-state index contributed by atoms with van der Waals surface area (Å²) < 4.78 is 3.24. The number of fused-ring (bicyclic) bond motifs is 14. The Kier molecular flexibility index (Phi) is 16.1. The van der Waals surface area contributed by atoms with Crippen LogP contribution in [-0.2, 0) is 0 Å². The van der Waals surface area contributed by atoms with Gasteiger partial charge in [-0.15, -0.1) is 0 Å². The Morgan fingerprint density at radius 2 is 0.681 bits per heavy atom. The van der Waals surface area contributed by atoms with E-state index in [-0.39, 0.29) is 8.41 Å². The number of halogens is 1. The van der Waals surface area contributed by atoms with Crippen LogP contribution in [0.2, 0.25) is 0 Å². The molecule has 0 fully saturated rings. The summed E-state index contributed by atoms with van der Waals surface area (Å²) in [7, 11) is 0. The van der Waals surface area contributed by atoms with Crippen molar-refractivity contribution in [1.29, 1.82) is 0 Å². The number of nitrogens with zero attached hydrogens (tertiary/aromatic N) is 5. The van der Waals surface area contributed by atoms with Crippen LogP contribution in [0.4, 0.5) is 34.1 Å².